The quantitative estimate of drug-likeness (QED) is 0.306. The van der Waals surface area contributed by atoms with E-state index in [-0.39, 0.29) is 23.4 Å². The summed E-state index contributed by atoms with van der Waals surface area (Å²) in [5, 5.41) is 4.42. The van der Waals surface area contributed by atoms with Crippen LogP contribution in [0.1, 0.15) is 22.3 Å². The maximum atomic E-state index is 13.7. The van der Waals surface area contributed by atoms with Gasteiger partial charge in [-0.2, -0.15) is 13.2 Å². The van der Waals surface area contributed by atoms with Gasteiger partial charge in [-0.15, -0.1) is 11.8 Å². The second-order valence-corrected chi connectivity index (χ2v) is 7.91. The summed E-state index contributed by atoms with van der Waals surface area (Å²) in [6.07, 6.45) is -4.98. The van der Waals surface area contributed by atoms with Crippen molar-refractivity contribution < 1.29 is 31.5 Å². The van der Waals surface area contributed by atoms with Crippen LogP contribution in [-0.2, 0) is 11.0 Å². The number of alkyl halides is 3. The van der Waals surface area contributed by atoms with Gasteiger partial charge in [0.05, 0.1) is 16.8 Å². The number of benzene rings is 3. The summed E-state index contributed by atoms with van der Waals surface area (Å²) in [6, 6.07) is 13.8. The zero-order valence-electron chi connectivity index (χ0n) is 16.9. The predicted molar refractivity (Wildman–Crippen MR) is 116 cm³/mol. The molecule has 2 N–H and O–H groups in total. The van der Waals surface area contributed by atoms with Crippen molar-refractivity contribution in [1.82, 2.24) is 0 Å². The van der Waals surface area contributed by atoms with Crippen LogP contribution in [-0.4, -0.2) is 17.6 Å². The minimum atomic E-state index is -4.83. The number of rotatable bonds is 7. The number of carbonyl (C=O) groups excluding carboxylic acids is 2. The van der Waals surface area contributed by atoms with E-state index in [9.17, 15) is 31.5 Å². The number of halogens is 5. The Morgan fingerprint density at radius 1 is 0.848 bits per heavy atom. The second-order valence-electron chi connectivity index (χ2n) is 6.77. The molecule has 10 heteroatoms. The van der Waals surface area contributed by atoms with E-state index in [1.807, 2.05) is 0 Å². The van der Waals surface area contributed by atoms with Crippen LogP contribution in [0.3, 0.4) is 0 Å². The molecule has 0 aliphatic carbocycles. The van der Waals surface area contributed by atoms with Gasteiger partial charge in [-0.05, 0) is 42.5 Å². The van der Waals surface area contributed by atoms with Crippen molar-refractivity contribution in [1.29, 1.82) is 0 Å². The molecule has 0 heterocycles. The molecule has 0 radical (unpaired) electrons. The van der Waals surface area contributed by atoms with E-state index >= 15 is 0 Å². The maximum absolute atomic E-state index is 13.7. The predicted octanol–water partition coefficient (Wildman–Crippen LogP) is 6.36. The zero-order chi connectivity index (χ0) is 24.0. The van der Waals surface area contributed by atoms with Crippen molar-refractivity contribution in [2.24, 2.45) is 0 Å². The number of hydrogen-bond donors (Lipinski definition) is 2. The molecule has 3 aromatic carbocycles. The lowest BCUT2D eigenvalue weighted by atomic mass is 10.1. The Bertz CT molecular complexity index is 1170. The topological polar surface area (TPSA) is 58.2 Å². The lowest BCUT2D eigenvalue weighted by Crippen LogP contribution is -2.18. The maximum Gasteiger partial charge on any atom is 0.418 e. The molecular formula is C23H17F5N2O2S. The highest BCUT2D eigenvalue weighted by atomic mass is 32.2. The van der Waals surface area contributed by atoms with Gasteiger partial charge in [0.2, 0.25) is 5.91 Å². The minimum Gasteiger partial charge on any atom is -0.325 e. The highest BCUT2D eigenvalue weighted by Crippen LogP contribution is 2.37. The Morgan fingerprint density at radius 3 is 2.18 bits per heavy atom. The van der Waals surface area contributed by atoms with E-state index in [2.05, 4.69) is 10.6 Å². The van der Waals surface area contributed by atoms with Crippen molar-refractivity contribution in [3.8, 4) is 0 Å². The van der Waals surface area contributed by atoms with Gasteiger partial charge in [0.1, 0.15) is 11.6 Å². The van der Waals surface area contributed by atoms with Crippen LogP contribution >= 0.6 is 11.8 Å². The third kappa shape index (κ3) is 6.55. The molecule has 4 nitrogen and oxygen atoms in total. The summed E-state index contributed by atoms with van der Waals surface area (Å²) in [4.78, 5) is 24.7. The number of thioether (sulfide) groups is 1. The first-order chi connectivity index (χ1) is 15.6. The first-order valence-electron chi connectivity index (χ1n) is 9.59. The van der Waals surface area contributed by atoms with Gasteiger partial charge in [-0.3, -0.25) is 9.59 Å². The molecule has 3 aromatic rings. The van der Waals surface area contributed by atoms with Crippen LogP contribution in [0, 0.1) is 11.6 Å². The molecule has 0 unspecified atom stereocenters. The highest BCUT2D eigenvalue weighted by Gasteiger charge is 2.34. The first-order valence-corrected chi connectivity index (χ1v) is 10.6. The summed E-state index contributed by atoms with van der Waals surface area (Å²) in [5.41, 5.74) is -2.21. The minimum absolute atomic E-state index is 0.151. The van der Waals surface area contributed by atoms with Gasteiger partial charge in [0.25, 0.3) is 5.91 Å². The van der Waals surface area contributed by atoms with Gasteiger partial charge in [-0.25, -0.2) is 8.78 Å². The molecule has 2 amide bonds. The Hall–Kier alpha value is -3.40. The SMILES string of the molecule is O=C(CCSc1ccccc1F)Nc1ccc(NC(=O)c2ccccc2F)cc1C(F)(F)F. The number of nitrogens with one attached hydrogen (secondary N) is 2. The first kappa shape index (κ1) is 24.2. The van der Waals surface area contributed by atoms with E-state index in [0.29, 0.717) is 11.0 Å². The zero-order valence-corrected chi connectivity index (χ0v) is 17.7. The number of hydrogen-bond acceptors (Lipinski definition) is 3. The standard InChI is InChI=1S/C23H17F5N2O2S/c24-17-6-2-1-5-15(17)22(32)29-14-9-10-19(16(13-14)23(26,27)28)30-21(31)11-12-33-20-8-4-3-7-18(20)25/h1-10,13H,11-12H2,(H,29,32)(H,30,31). The van der Waals surface area contributed by atoms with Crippen LogP contribution < -0.4 is 10.6 Å². The summed E-state index contributed by atoms with van der Waals surface area (Å²) in [6.45, 7) is 0. The summed E-state index contributed by atoms with van der Waals surface area (Å²) in [5.74, 6) is -2.71. The summed E-state index contributed by atoms with van der Waals surface area (Å²) < 4.78 is 68.0. The normalized spacial score (nSPS) is 11.2. The van der Waals surface area contributed by atoms with E-state index < -0.39 is 40.9 Å². The van der Waals surface area contributed by atoms with Gasteiger partial charge in [0, 0.05) is 22.8 Å². The molecule has 0 saturated carbocycles. The Balaban J connectivity index is 1.69. The summed E-state index contributed by atoms with van der Waals surface area (Å²) >= 11 is 1.07. The Kier molecular flexibility index (Phi) is 7.70. The Labute approximate surface area is 190 Å². The fraction of sp³-hybridized carbons (Fsp3) is 0.130. The average molecular weight is 480 g/mol. The molecule has 0 spiro atoms. The molecule has 0 fully saturated rings. The molecular weight excluding hydrogens is 463 g/mol. The van der Waals surface area contributed by atoms with E-state index in [1.54, 1.807) is 6.07 Å². The monoisotopic (exact) mass is 480 g/mol. The molecule has 0 aliphatic heterocycles. The molecule has 0 atom stereocenters. The van der Waals surface area contributed by atoms with Gasteiger partial charge in [-0.1, -0.05) is 24.3 Å². The van der Waals surface area contributed by atoms with Crippen LogP contribution in [0.15, 0.2) is 71.6 Å². The average Bonchev–Trinajstić information content (AvgIpc) is 2.75. The van der Waals surface area contributed by atoms with Crippen LogP contribution in [0.25, 0.3) is 0 Å². The van der Waals surface area contributed by atoms with Crippen molar-refractivity contribution in [3.05, 3.63) is 89.5 Å². The number of anilines is 2. The third-order valence-electron chi connectivity index (χ3n) is 4.40. The molecule has 0 aliphatic rings. The fourth-order valence-electron chi connectivity index (χ4n) is 2.84. The molecule has 0 bridgehead atoms. The lowest BCUT2D eigenvalue weighted by Gasteiger charge is -2.16. The van der Waals surface area contributed by atoms with Gasteiger partial charge < -0.3 is 10.6 Å². The fourth-order valence-corrected chi connectivity index (χ4v) is 3.73. The van der Waals surface area contributed by atoms with Crippen LogP contribution in [0.5, 0.6) is 0 Å². The Morgan fingerprint density at radius 2 is 1.52 bits per heavy atom. The molecule has 172 valence electrons. The van der Waals surface area contributed by atoms with Crippen molar-refractivity contribution in [2.75, 3.05) is 16.4 Å². The van der Waals surface area contributed by atoms with Gasteiger partial charge in [0.15, 0.2) is 0 Å². The molecule has 0 aromatic heterocycles. The number of amides is 2. The van der Waals surface area contributed by atoms with Crippen molar-refractivity contribution in [3.63, 3.8) is 0 Å². The van der Waals surface area contributed by atoms with E-state index in [0.717, 1.165) is 30.0 Å². The van der Waals surface area contributed by atoms with E-state index in [4.69, 9.17) is 0 Å². The smallest absolute Gasteiger partial charge is 0.325 e. The van der Waals surface area contributed by atoms with Crippen molar-refractivity contribution >= 4 is 35.0 Å². The third-order valence-corrected chi connectivity index (χ3v) is 5.45. The van der Waals surface area contributed by atoms with E-state index in [1.165, 1.54) is 36.4 Å². The summed E-state index contributed by atoms with van der Waals surface area (Å²) in [7, 11) is 0. The van der Waals surface area contributed by atoms with Crippen LogP contribution in [0.2, 0.25) is 0 Å². The highest BCUT2D eigenvalue weighted by molar-refractivity contribution is 7.99. The molecule has 33 heavy (non-hydrogen) atoms. The molecule has 0 saturated heterocycles. The lowest BCUT2D eigenvalue weighted by molar-refractivity contribution is -0.136. The van der Waals surface area contributed by atoms with Crippen molar-refractivity contribution in [2.45, 2.75) is 17.5 Å². The van der Waals surface area contributed by atoms with Crippen LogP contribution in [0.4, 0.5) is 33.3 Å². The number of carbonyl (C=O) groups is 2. The second kappa shape index (κ2) is 10.5. The van der Waals surface area contributed by atoms with Gasteiger partial charge >= 0.3 is 6.18 Å². The largest absolute Gasteiger partial charge is 0.418 e. The molecule has 3 rings (SSSR count).